The van der Waals surface area contributed by atoms with Crippen LogP contribution in [0.25, 0.3) is 0 Å². The van der Waals surface area contributed by atoms with E-state index in [1.807, 2.05) is 13.0 Å². The SMILES string of the molecule is CCNC(=NCC(c1ccc(C)o1)N1CCCC1)NCC.I. The van der Waals surface area contributed by atoms with Crippen LogP contribution < -0.4 is 10.6 Å². The van der Waals surface area contributed by atoms with Gasteiger partial charge in [0.25, 0.3) is 0 Å². The molecule has 1 aromatic heterocycles. The van der Waals surface area contributed by atoms with Crippen molar-refractivity contribution in [2.75, 3.05) is 32.7 Å². The van der Waals surface area contributed by atoms with Gasteiger partial charge in [0, 0.05) is 13.1 Å². The molecule has 1 aromatic rings. The molecule has 2 rings (SSSR count). The van der Waals surface area contributed by atoms with Crippen LogP contribution >= 0.6 is 24.0 Å². The van der Waals surface area contributed by atoms with Gasteiger partial charge in [-0.05, 0) is 58.8 Å². The molecule has 0 saturated carbocycles. The minimum Gasteiger partial charge on any atom is -0.465 e. The highest BCUT2D eigenvalue weighted by molar-refractivity contribution is 14.0. The van der Waals surface area contributed by atoms with Crippen molar-refractivity contribution in [2.45, 2.75) is 39.7 Å². The van der Waals surface area contributed by atoms with Crippen LogP contribution in [0, 0.1) is 6.92 Å². The van der Waals surface area contributed by atoms with Crippen LogP contribution in [0.15, 0.2) is 21.5 Å². The number of nitrogens with one attached hydrogen (secondary N) is 2. The Kier molecular flexibility index (Phi) is 8.85. The van der Waals surface area contributed by atoms with E-state index in [2.05, 4.69) is 35.4 Å². The molecule has 1 atom stereocenters. The third-order valence-electron chi connectivity index (χ3n) is 3.78. The lowest BCUT2D eigenvalue weighted by Crippen LogP contribution is -2.38. The van der Waals surface area contributed by atoms with Gasteiger partial charge in [-0.25, -0.2) is 0 Å². The summed E-state index contributed by atoms with van der Waals surface area (Å²) in [6.07, 6.45) is 2.54. The molecule has 0 aliphatic carbocycles. The first-order chi connectivity index (χ1) is 10.2. The molecule has 126 valence electrons. The molecular weight excluding hydrogens is 391 g/mol. The van der Waals surface area contributed by atoms with E-state index in [9.17, 15) is 0 Å². The van der Waals surface area contributed by atoms with Crippen LogP contribution in [0.4, 0.5) is 0 Å². The van der Waals surface area contributed by atoms with Gasteiger partial charge >= 0.3 is 0 Å². The second-order valence-corrected chi connectivity index (χ2v) is 5.46. The molecule has 1 aliphatic heterocycles. The van der Waals surface area contributed by atoms with Gasteiger partial charge in [-0.15, -0.1) is 24.0 Å². The fraction of sp³-hybridized carbons (Fsp3) is 0.688. The lowest BCUT2D eigenvalue weighted by atomic mass is 10.2. The van der Waals surface area contributed by atoms with Gasteiger partial charge < -0.3 is 15.1 Å². The molecule has 1 fully saturated rings. The first-order valence-corrected chi connectivity index (χ1v) is 8.07. The number of guanidine groups is 1. The number of hydrogen-bond donors (Lipinski definition) is 2. The lowest BCUT2D eigenvalue weighted by molar-refractivity contribution is 0.219. The Morgan fingerprint density at radius 1 is 1.23 bits per heavy atom. The van der Waals surface area contributed by atoms with Crippen LogP contribution in [0.2, 0.25) is 0 Å². The van der Waals surface area contributed by atoms with Crippen LogP contribution in [-0.2, 0) is 0 Å². The monoisotopic (exact) mass is 420 g/mol. The summed E-state index contributed by atoms with van der Waals surface area (Å²) in [6, 6.07) is 4.37. The molecule has 0 bridgehead atoms. The Morgan fingerprint density at radius 2 is 1.86 bits per heavy atom. The molecule has 22 heavy (non-hydrogen) atoms. The highest BCUT2D eigenvalue weighted by Gasteiger charge is 2.25. The molecule has 6 heteroatoms. The number of hydrogen-bond acceptors (Lipinski definition) is 3. The van der Waals surface area contributed by atoms with Crippen molar-refractivity contribution < 1.29 is 4.42 Å². The van der Waals surface area contributed by atoms with Gasteiger partial charge in [-0.2, -0.15) is 0 Å². The molecular formula is C16H29IN4O. The first-order valence-electron chi connectivity index (χ1n) is 8.07. The number of nitrogens with zero attached hydrogens (tertiary/aromatic N) is 2. The van der Waals surface area contributed by atoms with E-state index in [1.165, 1.54) is 12.8 Å². The van der Waals surface area contributed by atoms with E-state index in [0.717, 1.165) is 50.2 Å². The molecule has 1 aliphatic rings. The number of aryl methyl sites for hydroxylation is 1. The third kappa shape index (κ3) is 5.46. The largest absolute Gasteiger partial charge is 0.465 e. The molecule has 2 N–H and O–H groups in total. The quantitative estimate of drug-likeness (QED) is 0.422. The summed E-state index contributed by atoms with van der Waals surface area (Å²) in [5.74, 6) is 2.88. The van der Waals surface area contributed by atoms with Crippen molar-refractivity contribution in [1.82, 2.24) is 15.5 Å². The zero-order valence-corrected chi connectivity index (χ0v) is 16.2. The Bertz CT molecular complexity index is 447. The Morgan fingerprint density at radius 3 is 2.36 bits per heavy atom. The number of furan rings is 1. The topological polar surface area (TPSA) is 52.8 Å². The fourth-order valence-electron chi connectivity index (χ4n) is 2.76. The van der Waals surface area contributed by atoms with Gasteiger partial charge in [0.1, 0.15) is 11.5 Å². The molecule has 0 radical (unpaired) electrons. The van der Waals surface area contributed by atoms with Gasteiger partial charge in [0.2, 0.25) is 0 Å². The predicted octanol–water partition coefficient (Wildman–Crippen LogP) is 2.92. The summed E-state index contributed by atoms with van der Waals surface area (Å²) < 4.78 is 5.86. The minimum absolute atomic E-state index is 0. The van der Waals surface area contributed by atoms with E-state index in [1.54, 1.807) is 0 Å². The molecule has 1 saturated heterocycles. The van der Waals surface area contributed by atoms with E-state index in [-0.39, 0.29) is 30.0 Å². The Balaban J connectivity index is 0.00000242. The van der Waals surface area contributed by atoms with E-state index < -0.39 is 0 Å². The Labute approximate surface area is 150 Å². The average molecular weight is 420 g/mol. The van der Waals surface area contributed by atoms with E-state index in [0.29, 0.717) is 0 Å². The first kappa shape index (κ1) is 19.3. The zero-order valence-electron chi connectivity index (χ0n) is 13.9. The lowest BCUT2D eigenvalue weighted by Gasteiger charge is -2.24. The number of aliphatic imine (C=N–C) groups is 1. The average Bonchev–Trinajstić information content (AvgIpc) is 3.12. The molecule has 1 unspecified atom stereocenters. The maximum absolute atomic E-state index is 5.86. The van der Waals surface area contributed by atoms with Crippen molar-refractivity contribution in [3.8, 4) is 0 Å². The van der Waals surface area contributed by atoms with Gasteiger partial charge in [0.15, 0.2) is 5.96 Å². The predicted molar refractivity (Wildman–Crippen MR) is 102 cm³/mol. The van der Waals surface area contributed by atoms with Gasteiger partial charge in [0.05, 0.1) is 12.6 Å². The minimum atomic E-state index is 0. The summed E-state index contributed by atoms with van der Waals surface area (Å²) in [5.41, 5.74) is 0. The van der Waals surface area contributed by atoms with Crippen LogP contribution in [-0.4, -0.2) is 43.6 Å². The summed E-state index contributed by atoms with van der Waals surface area (Å²) >= 11 is 0. The number of likely N-dealkylation sites (tertiary alicyclic amines) is 1. The van der Waals surface area contributed by atoms with Crippen molar-refractivity contribution >= 4 is 29.9 Å². The van der Waals surface area contributed by atoms with Crippen LogP contribution in [0.3, 0.4) is 0 Å². The van der Waals surface area contributed by atoms with Crippen molar-refractivity contribution in [1.29, 1.82) is 0 Å². The fourth-order valence-corrected chi connectivity index (χ4v) is 2.76. The summed E-state index contributed by atoms with van der Waals surface area (Å²) in [7, 11) is 0. The standard InChI is InChI=1S/C16H28N4O.HI/c1-4-17-16(18-5-2)19-12-14(20-10-6-7-11-20)15-9-8-13(3)21-15;/h8-9,14H,4-7,10-12H2,1-3H3,(H2,17,18,19);1H. The van der Waals surface area contributed by atoms with E-state index >= 15 is 0 Å². The normalized spacial score (nSPS) is 16.0. The number of halogens is 1. The maximum atomic E-state index is 5.86. The highest BCUT2D eigenvalue weighted by atomic mass is 127. The zero-order chi connectivity index (χ0) is 15.1. The smallest absolute Gasteiger partial charge is 0.191 e. The van der Waals surface area contributed by atoms with E-state index in [4.69, 9.17) is 9.41 Å². The molecule has 0 aromatic carbocycles. The van der Waals surface area contributed by atoms with Crippen LogP contribution in [0.5, 0.6) is 0 Å². The van der Waals surface area contributed by atoms with Gasteiger partial charge in [-0.1, -0.05) is 0 Å². The van der Waals surface area contributed by atoms with Crippen LogP contribution in [0.1, 0.15) is 44.3 Å². The summed E-state index contributed by atoms with van der Waals surface area (Å²) in [4.78, 5) is 7.21. The third-order valence-corrected chi connectivity index (χ3v) is 3.78. The molecule has 2 heterocycles. The second kappa shape index (κ2) is 10.1. The summed E-state index contributed by atoms with van der Waals surface area (Å²) in [6.45, 7) is 10.9. The summed E-state index contributed by atoms with van der Waals surface area (Å²) in [5, 5.41) is 6.55. The number of rotatable bonds is 6. The van der Waals surface area contributed by atoms with Crippen molar-refractivity contribution in [3.63, 3.8) is 0 Å². The molecule has 0 amide bonds. The van der Waals surface area contributed by atoms with Crippen molar-refractivity contribution in [3.05, 3.63) is 23.7 Å². The second-order valence-electron chi connectivity index (χ2n) is 5.46. The molecule has 0 spiro atoms. The molecule has 5 nitrogen and oxygen atoms in total. The Hall–Kier alpha value is -0.760. The van der Waals surface area contributed by atoms with Crippen molar-refractivity contribution in [2.24, 2.45) is 4.99 Å². The maximum Gasteiger partial charge on any atom is 0.191 e. The highest BCUT2D eigenvalue weighted by Crippen LogP contribution is 2.26. The van der Waals surface area contributed by atoms with Gasteiger partial charge in [-0.3, -0.25) is 9.89 Å².